The van der Waals surface area contributed by atoms with Crippen molar-refractivity contribution in [3.63, 3.8) is 0 Å². The van der Waals surface area contributed by atoms with Crippen LogP contribution < -0.4 is 15.8 Å². The van der Waals surface area contributed by atoms with E-state index in [1.165, 1.54) is 24.4 Å². The van der Waals surface area contributed by atoms with E-state index in [4.69, 9.17) is 10.5 Å². The van der Waals surface area contributed by atoms with Gasteiger partial charge in [-0.15, -0.1) is 0 Å². The van der Waals surface area contributed by atoms with Crippen LogP contribution in [0.4, 0.5) is 24.5 Å². The molecule has 3 aromatic carbocycles. The molecule has 4 nitrogen and oxygen atoms in total. The number of hydrogen-bond donors (Lipinski definition) is 3. The zero-order chi connectivity index (χ0) is 19.8. The second-order valence-electron chi connectivity index (χ2n) is 6.24. The van der Waals surface area contributed by atoms with Gasteiger partial charge in [0.05, 0.1) is 11.2 Å². The number of rotatable bonds is 4. The van der Waals surface area contributed by atoms with Crippen molar-refractivity contribution in [1.82, 2.24) is 4.98 Å². The van der Waals surface area contributed by atoms with E-state index in [0.717, 1.165) is 6.07 Å². The van der Waals surface area contributed by atoms with Crippen molar-refractivity contribution in [3.8, 4) is 22.6 Å². The lowest BCUT2D eigenvalue weighted by molar-refractivity contribution is 0.412. The van der Waals surface area contributed by atoms with Crippen LogP contribution >= 0.6 is 0 Å². The van der Waals surface area contributed by atoms with Gasteiger partial charge in [0.15, 0.2) is 23.1 Å². The number of nitrogens with two attached hydrogens (primary N) is 1. The lowest BCUT2D eigenvalue weighted by atomic mass is 10.0. The van der Waals surface area contributed by atoms with Crippen molar-refractivity contribution < 1.29 is 17.9 Å². The van der Waals surface area contributed by atoms with Crippen LogP contribution in [0.1, 0.15) is 0 Å². The molecule has 142 valence electrons. The van der Waals surface area contributed by atoms with Gasteiger partial charge in [0, 0.05) is 42.0 Å². The summed E-state index contributed by atoms with van der Waals surface area (Å²) in [5.41, 5.74) is 7.56. The lowest BCUT2D eigenvalue weighted by Gasteiger charge is -2.15. The Balaban J connectivity index is 1.83. The quantitative estimate of drug-likeness (QED) is 0.398. The highest BCUT2D eigenvalue weighted by atomic mass is 19.1. The van der Waals surface area contributed by atoms with Gasteiger partial charge in [-0.2, -0.15) is 0 Å². The third-order valence-corrected chi connectivity index (χ3v) is 4.48. The van der Waals surface area contributed by atoms with Crippen molar-refractivity contribution in [2.24, 2.45) is 0 Å². The van der Waals surface area contributed by atoms with Gasteiger partial charge < -0.3 is 20.8 Å². The van der Waals surface area contributed by atoms with Crippen LogP contribution in [0.15, 0.2) is 54.7 Å². The number of fused-ring (bicyclic) bond motifs is 1. The maximum atomic E-state index is 14.7. The highest BCUT2D eigenvalue weighted by Crippen LogP contribution is 2.39. The molecule has 1 aromatic heterocycles. The number of halogens is 3. The molecule has 4 N–H and O–H groups in total. The van der Waals surface area contributed by atoms with Crippen LogP contribution in [0, 0.1) is 17.5 Å². The Bertz CT molecular complexity index is 1170. The number of nitrogen functional groups attached to an aromatic ring is 1. The van der Waals surface area contributed by atoms with E-state index in [1.54, 1.807) is 31.3 Å². The summed E-state index contributed by atoms with van der Waals surface area (Å²) in [6.07, 6.45) is 1.51. The van der Waals surface area contributed by atoms with Gasteiger partial charge in [0.2, 0.25) is 0 Å². The number of nitrogens with one attached hydrogen (secondary N) is 2. The minimum absolute atomic E-state index is 0.0865. The predicted molar refractivity (Wildman–Crippen MR) is 104 cm³/mol. The van der Waals surface area contributed by atoms with E-state index in [-0.39, 0.29) is 22.4 Å². The first-order chi connectivity index (χ1) is 13.5. The number of H-pyrrole nitrogens is 1. The first kappa shape index (κ1) is 17.8. The molecule has 0 bridgehead atoms. The van der Waals surface area contributed by atoms with Crippen molar-refractivity contribution in [2.45, 2.75) is 0 Å². The molecule has 0 amide bonds. The van der Waals surface area contributed by atoms with Gasteiger partial charge in [-0.3, -0.25) is 0 Å². The Kier molecular flexibility index (Phi) is 4.35. The topological polar surface area (TPSA) is 63.1 Å². The maximum Gasteiger partial charge on any atom is 0.199 e. The maximum absolute atomic E-state index is 14.7. The van der Waals surface area contributed by atoms with Crippen LogP contribution in [-0.4, -0.2) is 12.0 Å². The van der Waals surface area contributed by atoms with Gasteiger partial charge in [-0.1, -0.05) is 12.1 Å². The smallest absolute Gasteiger partial charge is 0.199 e. The Morgan fingerprint density at radius 3 is 2.43 bits per heavy atom. The number of aromatic nitrogens is 1. The summed E-state index contributed by atoms with van der Waals surface area (Å²) >= 11 is 0. The fraction of sp³-hybridized carbons (Fsp3) is 0.0476. The number of ether oxygens (including phenoxy) is 1. The van der Waals surface area contributed by atoms with Gasteiger partial charge >= 0.3 is 0 Å². The molecule has 4 aromatic rings. The average molecular weight is 383 g/mol. The zero-order valence-corrected chi connectivity index (χ0v) is 14.8. The Labute approximate surface area is 158 Å². The molecule has 0 aliphatic rings. The van der Waals surface area contributed by atoms with Crippen LogP contribution in [0.25, 0.3) is 22.0 Å². The second kappa shape index (κ2) is 6.84. The summed E-state index contributed by atoms with van der Waals surface area (Å²) in [6.45, 7) is 0. The predicted octanol–water partition coefficient (Wildman–Crippen LogP) is 5.67. The second-order valence-corrected chi connectivity index (χ2v) is 6.24. The van der Waals surface area contributed by atoms with Crippen molar-refractivity contribution >= 4 is 22.3 Å². The molecule has 0 aliphatic carbocycles. The monoisotopic (exact) mass is 383 g/mol. The molecule has 0 saturated heterocycles. The summed E-state index contributed by atoms with van der Waals surface area (Å²) in [6, 6.07) is 11.8. The summed E-state index contributed by atoms with van der Waals surface area (Å²) in [5, 5.41) is 2.98. The first-order valence-corrected chi connectivity index (χ1v) is 8.48. The lowest BCUT2D eigenvalue weighted by Crippen LogP contribution is -1.99. The van der Waals surface area contributed by atoms with E-state index in [9.17, 15) is 13.2 Å². The SMILES string of the molecule is CNc1cc(F)c(-c2ccc(N)cc2)cc1Oc1c(F)cc2[nH]ccc2c1F. The number of hydrogen-bond acceptors (Lipinski definition) is 3. The molecule has 1 heterocycles. The van der Waals surface area contributed by atoms with E-state index in [1.807, 2.05) is 0 Å². The van der Waals surface area contributed by atoms with E-state index in [2.05, 4.69) is 10.3 Å². The molecule has 4 rings (SSSR count). The third-order valence-electron chi connectivity index (χ3n) is 4.48. The molecule has 0 radical (unpaired) electrons. The highest BCUT2D eigenvalue weighted by molar-refractivity contribution is 5.82. The van der Waals surface area contributed by atoms with Gasteiger partial charge in [0.1, 0.15) is 5.82 Å². The van der Waals surface area contributed by atoms with E-state index >= 15 is 0 Å². The molecule has 0 saturated carbocycles. The van der Waals surface area contributed by atoms with Crippen LogP contribution in [-0.2, 0) is 0 Å². The normalized spacial score (nSPS) is 11.0. The number of anilines is 2. The molecule has 0 spiro atoms. The molecule has 0 atom stereocenters. The van der Waals surface area contributed by atoms with Crippen LogP contribution in [0.2, 0.25) is 0 Å². The zero-order valence-electron chi connectivity index (χ0n) is 14.8. The molecule has 7 heteroatoms. The van der Waals surface area contributed by atoms with E-state index < -0.39 is 23.2 Å². The molecule has 0 fully saturated rings. The first-order valence-electron chi connectivity index (χ1n) is 8.48. The third kappa shape index (κ3) is 3.00. The Morgan fingerprint density at radius 2 is 1.71 bits per heavy atom. The molecule has 0 aliphatic heterocycles. The minimum atomic E-state index is -0.868. The minimum Gasteiger partial charge on any atom is -0.449 e. The number of aromatic amines is 1. The fourth-order valence-corrected chi connectivity index (χ4v) is 3.03. The van der Waals surface area contributed by atoms with Gasteiger partial charge in [0.25, 0.3) is 0 Å². The average Bonchev–Trinajstić information content (AvgIpc) is 3.15. The number of benzene rings is 3. The van der Waals surface area contributed by atoms with Crippen LogP contribution in [0.5, 0.6) is 11.5 Å². The fourth-order valence-electron chi connectivity index (χ4n) is 3.03. The van der Waals surface area contributed by atoms with E-state index in [0.29, 0.717) is 16.8 Å². The summed E-state index contributed by atoms with van der Waals surface area (Å²) in [4.78, 5) is 2.75. The van der Waals surface area contributed by atoms with Crippen LogP contribution in [0.3, 0.4) is 0 Å². The van der Waals surface area contributed by atoms with Crippen molar-refractivity contribution in [3.05, 3.63) is 72.2 Å². The molecular weight excluding hydrogens is 367 g/mol. The van der Waals surface area contributed by atoms with Gasteiger partial charge in [-0.25, -0.2) is 13.2 Å². The largest absolute Gasteiger partial charge is 0.449 e. The van der Waals surface area contributed by atoms with Crippen molar-refractivity contribution in [1.29, 1.82) is 0 Å². The summed E-state index contributed by atoms with van der Waals surface area (Å²) in [7, 11) is 1.56. The standard InChI is InChI=1S/C21H16F3N3O/c1-26-18-9-15(22)14(11-2-4-12(25)5-3-11)8-19(18)28-21-16(23)10-17-13(20(21)24)6-7-27-17/h2-10,26-27H,25H2,1H3. The molecular formula is C21H16F3N3O. The van der Waals surface area contributed by atoms with Crippen molar-refractivity contribution in [2.75, 3.05) is 18.1 Å². The summed E-state index contributed by atoms with van der Waals surface area (Å²) in [5.74, 6) is -2.69. The van der Waals surface area contributed by atoms with Gasteiger partial charge in [-0.05, 0) is 29.8 Å². The Morgan fingerprint density at radius 1 is 0.964 bits per heavy atom. The molecule has 28 heavy (non-hydrogen) atoms. The highest BCUT2D eigenvalue weighted by Gasteiger charge is 2.20. The Hall–Kier alpha value is -3.61. The summed E-state index contributed by atoms with van der Waals surface area (Å²) < 4.78 is 49.3. The molecule has 0 unspecified atom stereocenters.